The van der Waals surface area contributed by atoms with Crippen molar-refractivity contribution in [2.45, 2.75) is 19.7 Å². The molecule has 104 valence electrons. The van der Waals surface area contributed by atoms with Gasteiger partial charge in [0.1, 0.15) is 6.54 Å². The van der Waals surface area contributed by atoms with E-state index in [1.165, 1.54) is 4.90 Å². The van der Waals surface area contributed by atoms with Crippen LogP contribution in [0.3, 0.4) is 0 Å². The van der Waals surface area contributed by atoms with Crippen LogP contribution in [-0.2, 0) is 15.4 Å². The molecule has 1 aromatic rings. The Hall–Kier alpha value is -1.55. The minimum absolute atomic E-state index is 0.0335. The molecule has 0 spiro atoms. The van der Waals surface area contributed by atoms with Crippen LogP contribution >= 0.6 is 11.6 Å². The van der Waals surface area contributed by atoms with Crippen molar-refractivity contribution in [3.05, 3.63) is 35.4 Å². The number of carbonyl (C=O) groups is 2. The maximum Gasteiger partial charge on any atom is 0.325 e. The monoisotopic (exact) mass is 283 g/mol. The first-order valence-electron chi connectivity index (χ1n) is 6.22. The van der Waals surface area contributed by atoms with Gasteiger partial charge in [0.05, 0.1) is 6.61 Å². The van der Waals surface area contributed by atoms with Gasteiger partial charge in [-0.15, -0.1) is 11.6 Å². The van der Waals surface area contributed by atoms with Gasteiger partial charge in [0.25, 0.3) is 5.91 Å². The average molecular weight is 284 g/mol. The number of amides is 1. The van der Waals surface area contributed by atoms with E-state index in [9.17, 15) is 9.59 Å². The number of ether oxygens (including phenoxy) is 1. The molecule has 1 rings (SSSR count). The standard InChI is InChI=1S/C14H18ClNO3/c1-3-16(10-13(17)19-4-2)14(18)12-7-5-6-11(8-12)9-15/h5-8H,3-4,9-10H2,1-2H3. The zero-order valence-electron chi connectivity index (χ0n) is 11.2. The van der Waals surface area contributed by atoms with Crippen molar-refractivity contribution in [3.63, 3.8) is 0 Å². The van der Waals surface area contributed by atoms with Gasteiger partial charge in [-0.05, 0) is 31.5 Å². The molecule has 0 fully saturated rings. The molecular formula is C14H18ClNO3. The molecule has 0 N–H and O–H groups in total. The minimum atomic E-state index is -0.397. The molecule has 0 aliphatic carbocycles. The van der Waals surface area contributed by atoms with Crippen molar-refractivity contribution < 1.29 is 14.3 Å². The summed E-state index contributed by atoms with van der Waals surface area (Å²) in [5, 5.41) is 0. The van der Waals surface area contributed by atoms with Gasteiger partial charge < -0.3 is 9.64 Å². The van der Waals surface area contributed by atoms with Gasteiger partial charge in [-0.25, -0.2) is 0 Å². The van der Waals surface area contributed by atoms with Crippen LogP contribution in [0.2, 0.25) is 0 Å². The van der Waals surface area contributed by atoms with E-state index in [0.29, 0.717) is 24.6 Å². The largest absolute Gasteiger partial charge is 0.465 e. The SMILES string of the molecule is CCOC(=O)CN(CC)C(=O)c1cccc(CCl)c1. The fraction of sp³-hybridized carbons (Fsp3) is 0.429. The highest BCUT2D eigenvalue weighted by molar-refractivity contribution is 6.17. The molecule has 5 heteroatoms. The van der Waals surface area contributed by atoms with Gasteiger partial charge in [0.2, 0.25) is 0 Å². The average Bonchev–Trinajstić information content (AvgIpc) is 2.44. The van der Waals surface area contributed by atoms with E-state index in [1.807, 2.05) is 13.0 Å². The molecule has 0 saturated heterocycles. The number of alkyl halides is 1. The Labute approximate surface area is 118 Å². The van der Waals surface area contributed by atoms with E-state index in [4.69, 9.17) is 16.3 Å². The number of esters is 1. The van der Waals surface area contributed by atoms with Crippen LogP contribution in [0.25, 0.3) is 0 Å². The predicted molar refractivity (Wildman–Crippen MR) is 74.2 cm³/mol. The van der Waals surface area contributed by atoms with Crippen LogP contribution in [-0.4, -0.2) is 36.5 Å². The number of hydrogen-bond donors (Lipinski definition) is 0. The van der Waals surface area contributed by atoms with Crippen molar-refractivity contribution in [2.24, 2.45) is 0 Å². The summed E-state index contributed by atoms with van der Waals surface area (Å²) >= 11 is 5.74. The topological polar surface area (TPSA) is 46.6 Å². The third-order valence-corrected chi connectivity index (χ3v) is 2.93. The Balaban J connectivity index is 2.79. The first-order chi connectivity index (χ1) is 9.12. The van der Waals surface area contributed by atoms with E-state index in [1.54, 1.807) is 25.1 Å². The smallest absolute Gasteiger partial charge is 0.325 e. The summed E-state index contributed by atoms with van der Waals surface area (Å²) in [5.74, 6) is -0.237. The van der Waals surface area contributed by atoms with E-state index >= 15 is 0 Å². The highest BCUT2D eigenvalue weighted by Gasteiger charge is 2.18. The second-order valence-electron chi connectivity index (χ2n) is 3.96. The van der Waals surface area contributed by atoms with Gasteiger partial charge in [-0.1, -0.05) is 12.1 Å². The molecule has 1 amide bonds. The third-order valence-electron chi connectivity index (χ3n) is 2.62. The first-order valence-corrected chi connectivity index (χ1v) is 6.75. The van der Waals surface area contributed by atoms with Crippen molar-refractivity contribution in [1.29, 1.82) is 0 Å². The molecule has 0 radical (unpaired) electrons. The minimum Gasteiger partial charge on any atom is -0.465 e. The molecule has 0 atom stereocenters. The zero-order chi connectivity index (χ0) is 14.3. The van der Waals surface area contributed by atoms with Crippen LogP contribution < -0.4 is 0 Å². The molecule has 0 aromatic heterocycles. The van der Waals surface area contributed by atoms with Gasteiger partial charge in [-0.3, -0.25) is 9.59 Å². The van der Waals surface area contributed by atoms with Crippen LogP contribution in [0.15, 0.2) is 24.3 Å². The normalized spacial score (nSPS) is 10.1. The quantitative estimate of drug-likeness (QED) is 0.595. The molecule has 0 aliphatic rings. The number of nitrogens with zero attached hydrogens (tertiary/aromatic N) is 1. The van der Waals surface area contributed by atoms with Crippen molar-refractivity contribution in [1.82, 2.24) is 4.90 Å². The molecule has 0 unspecified atom stereocenters. The predicted octanol–water partition coefficient (Wildman–Crippen LogP) is 2.45. The Kier molecular flexibility index (Phi) is 6.36. The lowest BCUT2D eigenvalue weighted by molar-refractivity contribution is -0.143. The van der Waals surface area contributed by atoms with Gasteiger partial charge >= 0.3 is 5.97 Å². The fourth-order valence-corrected chi connectivity index (χ4v) is 1.83. The maximum atomic E-state index is 12.3. The summed E-state index contributed by atoms with van der Waals surface area (Å²) in [6.45, 7) is 4.28. The molecule has 4 nitrogen and oxygen atoms in total. The molecule has 1 aromatic carbocycles. The molecule has 0 saturated carbocycles. The zero-order valence-corrected chi connectivity index (χ0v) is 11.9. The molecule has 0 heterocycles. The molecular weight excluding hydrogens is 266 g/mol. The van der Waals surface area contributed by atoms with E-state index in [-0.39, 0.29) is 12.5 Å². The van der Waals surface area contributed by atoms with Crippen LogP contribution in [0, 0.1) is 0 Å². The van der Waals surface area contributed by atoms with Crippen LogP contribution in [0.1, 0.15) is 29.8 Å². The van der Waals surface area contributed by atoms with Crippen LogP contribution in [0.4, 0.5) is 0 Å². The number of hydrogen-bond acceptors (Lipinski definition) is 3. The van der Waals surface area contributed by atoms with Crippen molar-refractivity contribution in [2.75, 3.05) is 19.7 Å². The fourth-order valence-electron chi connectivity index (χ4n) is 1.66. The second kappa shape index (κ2) is 7.79. The number of rotatable bonds is 6. The first kappa shape index (κ1) is 15.5. The van der Waals surface area contributed by atoms with Gasteiger partial charge in [-0.2, -0.15) is 0 Å². The van der Waals surface area contributed by atoms with Gasteiger partial charge in [0, 0.05) is 18.0 Å². The molecule has 0 aliphatic heterocycles. The molecule has 0 bridgehead atoms. The Morgan fingerprint density at radius 2 is 2.05 bits per heavy atom. The summed E-state index contributed by atoms with van der Waals surface area (Å²) in [7, 11) is 0. The lowest BCUT2D eigenvalue weighted by Gasteiger charge is -2.20. The number of benzene rings is 1. The summed E-state index contributed by atoms with van der Waals surface area (Å²) in [5.41, 5.74) is 1.41. The molecule has 19 heavy (non-hydrogen) atoms. The van der Waals surface area contributed by atoms with Crippen molar-refractivity contribution in [3.8, 4) is 0 Å². The van der Waals surface area contributed by atoms with E-state index < -0.39 is 5.97 Å². The van der Waals surface area contributed by atoms with Crippen molar-refractivity contribution >= 4 is 23.5 Å². The summed E-state index contributed by atoms with van der Waals surface area (Å²) < 4.78 is 4.85. The van der Waals surface area contributed by atoms with Crippen LogP contribution in [0.5, 0.6) is 0 Å². The van der Waals surface area contributed by atoms with Gasteiger partial charge in [0.15, 0.2) is 0 Å². The highest BCUT2D eigenvalue weighted by atomic mass is 35.5. The lowest BCUT2D eigenvalue weighted by atomic mass is 10.1. The number of likely N-dealkylation sites (N-methyl/N-ethyl adjacent to an activating group) is 1. The summed E-state index contributed by atoms with van der Waals surface area (Å²) in [6, 6.07) is 7.09. The highest BCUT2D eigenvalue weighted by Crippen LogP contribution is 2.10. The van der Waals surface area contributed by atoms with E-state index in [0.717, 1.165) is 5.56 Å². The summed E-state index contributed by atoms with van der Waals surface area (Å²) in [6.07, 6.45) is 0. The maximum absolute atomic E-state index is 12.3. The Morgan fingerprint density at radius 3 is 2.63 bits per heavy atom. The Bertz CT molecular complexity index is 448. The second-order valence-corrected chi connectivity index (χ2v) is 4.23. The third kappa shape index (κ3) is 4.56. The van der Waals surface area contributed by atoms with E-state index in [2.05, 4.69) is 0 Å². The number of halogens is 1. The summed E-state index contributed by atoms with van der Waals surface area (Å²) in [4.78, 5) is 25.1. The Morgan fingerprint density at radius 1 is 1.32 bits per heavy atom. The lowest BCUT2D eigenvalue weighted by Crippen LogP contribution is -2.36. The number of carbonyl (C=O) groups excluding carboxylic acids is 2.